The highest BCUT2D eigenvalue weighted by molar-refractivity contribution is 6.23. The van der Waals surface area contributed by atoms with Crippen LogP contribution in [0.15, 0.2) is 104 Å². The molecule has 0 aromatic carbocycles. The number of Topliss-reactive ketones (excluding diaryl/α,β-unsaturated/α-hetero) is 2. The van der Waals surface area contributed by atoms with Gasteiger partial charge in [-0.2, -0.15) is 0 Å². The molecule has 47 heavy (non-hydrogen) atoms. The van der Waals surface area contributed by atoms with Crippen molar-refractivity contribution in [1.82, 2.24) is 0 Å². The fourth-order valence-corrected chi connectivity index (χ4v) is 5.46. The summed E-state index contributed by atoms with van der Waals surface area (Å²) >= 11 is 0. The number of carbonyl (C=O) groups excluding carboxylic acids is 2. The Morgan fingerprint density at radius 1 is 0.532 bits per heavy atom. The third-order valence-electron chi connectivity index (χ3n) is 8.79. The maximum Gasteiger partial charge on any atom is 0.223 e. The Morgan fingerprint density at radius 3 is 1.17 bits per heavy atom. The van der Waals surface area contributed by atoms with Crippen LogP contribution in [0.3, 0.4) is 0 Å². The molecule has 0 aromatic heterocycles. The van der Waals surface area contributed by atoms with Crippen LogP contribution < -0.4 is 5.11 Å². The molecule has 0 heterocycles. The first kappa shape index (κ1) is 41.6. The first-order valence-corrected chi connectivity index (χ1v) is 17.6. The minimum atomic E-state index is -0.850. The summed E-state index contributed by atoms with van der Waals surface area (Å²) in [6, 6.07) is 0. The molecule has 0 atom stereocenters. The summed E-state index contributed by atoms with van der Waals surface area (Å²) in [5, 5.41) is 12.0. The topological polar surface area (TPSA) is 66.4 Å². The molecule has 4 heteroatoms. The van der Waals surface area contributed by atoms with Gasteiger partial charge in [0.25, 0.3) is 0 Å². The number of ketones is 2. The number of hydrogen-bond donors (Lipinski definition) is 0. The van der Waals surface area contributed by atoms with E-state index in [4.69, 9.17) is 4.74 Å². The lowest BCUT2D eigenvalue weighted by atomic mass is 9.90. The van der Waals surface area contributed by atoms with Gasteiger partial charge in [0.2, 0.25) is 5.78 Å². The molecule has 1 rings (SSSR count). The van der Waals surface area contributed by atoms with Crippen molar-refractivity contribution in [3.8, 4) is 0 Å². The van der Waals surface area contributed by atoms with Gasteiger partial charge in [0.15, 0.2) is 11.5 Å². The van der Waals surface area contributed by atoms with Gasteiger partial charge in [0.05, 0.1) is 7.11 Å². The standard InChI is InChI=1S/C43H64O4/c1-31(2)17-11-18-32(3)19-12-20-33(4)21-13-22-34(5)23-14-24-35(6)25-15-26-36(7)27-16-28-37(8)29-30-39-38(9)40(44)42(46)43(47-10)41(39)45/h17,19,21,23,25,27,29,46H,11-16,18,20,22,24,26,28,30H2,1-10H3/p-1/b32-19+,33-21+,34-23+,35-25+,36-27+,37-29+. The van der Waals surface area contributed by atoms with E-state index in [0.717, 1.165) is 76.2 Å². The quantitative estimate of drug-likeness (QED) is 0.0922. The van der Waals surface area contributed by atoms with Crippen LogP contribution in [-0.2, 0) is 14.3 Å². The van der Waals surface area contributed by atoms with Crippen molar-refractivity contribution in [2.24, 2.45) is 0 Å². The predicted octanol–water partition coefficient (Wildman–Crippen LogP) is 11.4. The highest BCUT2D eigenvalue weighted by Gasteiger charge is 2.28. The normalized spacial score (nSPS) is 16.0. The highest BCUT2D eigenvalue weighted by atomic mass is 16.5. The third kappa shape index (κ3) is 17.4. The summed E-state index contributed by atoms with van der Waals surface area (Å²) in [5.41, 5.74) is 10.5. The van der Waals surface area contributed by atoms with Gasteiger partial charge in [-0.15, -0.1) is 0 Å². The minimum absolute atomic E-state index is 0.226. The summed E-state index contributed by atoms with van der Waals surface area (Å²) in [7, 11) is 1.25. The first-order chi connectivity index (χ1) is 22.3. The summed E-state index contributed by atoms with van der Waals surface area (Å²) in [6.45, 7) is 19.1. The molecule has 0 saturated heterocycles. The zero-order valence-corrected chi connectivity index (χ0v) is 31.4. The zero-order chi connectivity index (χ0) is 35.4. The van der Waals surface area contributed by atoms with Crippen molar-refractivity contribution in [2.45, 2.75) is 146 Å². The fourth-order valence-electron chi connectivity index (χ4n) is 5.46. The Bertz CT molecular complexity index is 1340. The molecule has 260 valence electrons. The van der Waals surface area contributed by atoms with E-state index in [1.807, 2.05) is 13.0 Å². The molecular weight excluding hydrogens is 580 g/mol. The van der Waals surface area contributed by atoms with Crippen LogP contribution in [0, 0.1) is 0 Å². The van der Waals surface area contributed by atoms with Crippen molar-refractivity contribution in [1.29, 1.82) is 0 Å². The lowest BCUT2D eigenvalue weighted by Crippen LogP contribution is -2.30. The molecule has 0 aliphatic heterocycles. The molecule has 0 N–H and O–H groups in total. The summed E-state index contributed by atoms with van der Waals surface area (Å²) in [5.74, 6) is -2.35. The molecule has 0 bridgehead atoms. The van der Waals surface area contributed by atoms with Crippen LogP contribution in [0.1, 0.15) is 146 Å². The molecule has 0 aromatic rings. The fraction of sp³-hybridized carbons (Fsp3) is 0.535. The molecule has 4 nitrogen and oxygen atoms in total. The van der Waals surface area contributed by atoms with Gasteiger partial charge in [-0.1, -0.05) is 81.5 Å². The van der Waals surface area contributed by atoms with E-state index in [9.17, 15) is 14.7 Å². The largest absolute Gasteiger partial charge is 0.867 e. The van der Waals surface area contributed by atoms with Crippen LogP contribution >= 0.6 is 0 Å². The molecular formula is C43H63O4-. The van der Waals surface area contributed by atoms with E-state index in [1.165, 1.54) is 47.0 Å². The molecule has 0 radical (unpaired) electrons. The van der Waals surface area contributed by atoms with Gasteiger partial charge in [-0.25, -0.2) is 0 Å². The Kier molecular flexibility index (Phi) is 20.4. The molecule has 0 saturated carbocycles. The SMILES string of the molecule is COC1=C([O-])C(=O)C(C)=C(C/C=C(\C)CC/C=C(\C)CC/C=C(\C)CC/C=C(\C)CC/C=C(\C)CC/C=C(\C)CCC=C(C)C)C1=O. The second-order valence-corrected chi connectivity index (χ2v) is 13.6. The van der Waals surface area contributed by atoms with Crippen LogP contribution in [0.4, 0.5) is 0 Å². The van der Waals surface area contributed by atoms with Crippen molar-refractivity contribution in [2.75, 3.05) is 7.11 Å². The second-order valence-electron chi connectivity index (χ2n) is 13.6. The van der Waals surface area contributed by atoms with Gasteiger partial charge in [0.1, 0.15) is 0 Å². The van der Waals surface area contributed by atoms with Crippen LogP contribution in [0.25, 0.3) is 0 Å². The summed E-state index contributed by atoms with van der Waals surface area (Å²) in [6.07, 6.45) is 29.6. The maximum absolute atomic E-state index is 12.6. The van der Waals surface area contributed by atoms with Crippen molar-refractivity contribution in [3.63, 3.8) is 0 Å². The van der Waals surface area contributed by atoms with Crippen LogP contribution in [0.5, 0.6) is 0 Å². The second kappa shape index (κ2) is 23.0. The summed E-state index contributed by atoms with van der Waals surface area (Å²) < 4.78 is 4.91. The van der Waals surface area contributed by atoms with Crippen LogP contribution in [-0.4, -0.2) is 18.7 Å². The Balaban J connectivity index is 2.35. The number of allylic oxidation sites excluding steroid dienone is 16. The molecule has 0 spiro atoms. The molecule has 1 aliphatic carbocycles. The lowest BCUT2D eigenvalue weighted by Gasteiger charge is -2.23. The van der Waals surface area contributed by atoms with E-state index in [1.54, 1.807) is 6.92 Å². The number of methoxy groups -OCH3 is 1. The minimum Gasteiger partial charge on any atom is -0.867 e. The van der Waals surface area contributed by atoms with E-state index >= 15 is 0 Å². The Labute approximate surface area is 287 Å². The maximum atomic E-state index is 12.6. The van der Waals surface area contributed by atoms with Gasteiger partial charge in [-0.05, 0) is 152 Å². The lowest BCUT2D eigenvalue weighted by molar-refractivity contribution is -0.301. The molecule has 0 fully saturated rings. The summed E-state index contributed by atoms with van der Waals surface area (Å²) in [4.78, 5) is 24.7. The average molecular weight is 644 g/mol. The highest BCUT2D eigenvalue weighted by Crippen LogP contribution is 2.26. The Hall–Kier alpha value is -3.40. The molecule has 0 unspecified atom stereocenters. The first-order valence-electron chi connectivity index (χ1n) is 17.6. The van der Waals surface area contributed by atoms with Gasteiger partial charge >= 0.3 is 0 Å². The molecule has 0 amide bonds. The zero-order valence-electron chi connectivity index (χ0n) is 31.4. The van der Waals surface area contributed by atoms with Crippen molar-refractivity contribution < 1.29 is 19.4 Å². The average Bonchev–Trinajstić information content (AvgIpc) is 3.00. The van der Waals surface area contributed by atoms with Crippen molar-refractivity contribution >= 4 is 11.6 Å². The van der Waals surface area contributed by atoms with E-state index < -0.39 is 17.3 Å². The number of rotatable bonds is 21. The monoisotopic (exact) mass is 643 g/mol. The van der Waals surface area contributed by atoms with Gasteiger partial charge in [-0.3, -0.25) is 9.59 Å². The van der Waals surface area contributed by atoms with E-state index in [-0.39, 0.29) is 11.3 Å². The number of hydrogen-bond acceptors (Lipinski definition) is 4. The number of ether oxygens (including phenoxy) is 1. The number of carbonyl (C=O) groups is 2. The molecule has 1 aliphatic rings. The predicted molar refractivity (Wildman–Crippen MR) is 199 cm³/mol. The van der Waals surface area contributed by atoms with E-state index in [2.05, 4.69) is 84.9 Å². The third-order valence-corrected chi connectivity index (χ3v) is 8.79. The smallest absolute Gasteiger partial charge is 0.223 e. The Morgan fingerprint density at radius 2 is 0.851 bits per heavy atom. The van der Waals surface area contributed by atoms with Gasteiger partial charge < -0.3 is 9.84 Å². The van der Waals surface area contributed by atoms with Crippen LogP contribution in [0.2, 0.25) is 0 Å². The van der Waals surface area contributed by atoms with Crippen molar-refractivity contribution in [3.05, 3.63) is 104 Å². The van der Waals surface area contributed by atoms with E-state index in [0.29, 0.717) is 12.0 Å². The van der Waals surface area contributed by atoms with Gasteiger partial charge in [0, 0.05) is 11.1 Å².